The van der Waals surface area contributed by atoms with Crippen LogP contribution in [0.2, 0.25) is 5.28 Å². The smallest absolute Gasteiger partial charge is 0.232 e. The van der Waals surface area contributed by atoms with Gasteiger partial charge in [0, 0.05) is 29.9 Å². The molecule has 2 aromatic rings. The lowest BCUT2D eigenvalue weighted by molar-refractivity contribution is -0.129. The van der Waals surface area contributed by atoms with Gasteiger partial charge in [0.2, 0.25) is 17.1 Å². The molecule has 34 heavy (non-hydrogen) atoms. The monoisotopic (exact) mass is 503 g/mol. The van der Waals surface area contributed by atoms with Crippen LogP contribution in [0.25, 0.3) is 0 Å². The Morgan fingerprint density at radius 3 is 2.88 bits per heavy atom. The van der Waals surface area contributed by atoms with Crippen molar-refractivity contribution in [2.24, 2.45) is 29.4 Å². The number of nitrogens with two attached hydrogens (primary N) is 2. The lowest BCUT2D eigenvalue weighted by atomic mass is 9.76. The van der Waals surface area contributed by atoms with Gasteiger partial charge in [0.25, 0.3) is 0 Å². The van der Waals surface area contributed by atoms with E-state index in [4.69, 9.17) is 23.1 Å². The zero-order chi connectivity index (χ0) is 24.0. The first-order valence-corrected chi connectivity index (χ1v) is 13.0. The van der Waals surface area contributed by atoms with Gasteiger partial charge in [-0.3, -0.25) is 9.59 Å². The molecule has 0 saturated heterocycles. The average molecular weight is 504 g/mol. The first kappa shape index (κ1) is 23.4. The minimum absolute atomic E-state index is 0.0171. The van der Waals surface area contributed by atoms with E-state index < -0.39 is 5.82 Å². The Hall–Kier alpha value is -2.39. The largest absolute Gasteiger partial charge is 0.399 e. The van der Waals surface area contributed by atoms with E-state index in [-0.39, 0.29) is 58.1 Å². The third-order valence-corrected chi connectivity index (χ3v) is 9.23. The highest BCUT2D eigenvalue weighted by molar-refractivity contribution is 8.00. The Balaban J connectivity index is 1.24. The third kappa shape index (κ3) is 4.47. The molecule has 7 nitrogen and oxygen atoms in total. The van der Waals surface area contributed by atoms with Gasteiger partial charge in [-0.15, -0.1) is 11.8 Å². The molecule has 3 aliphatic rings. The van der Waals surface area contributed by atoms with Crippen LogP contribution in [0.3, 0.4) is 0 Å². The SMILES string of the molecule is NC(=O)[C@H]1[C@@H]2C[C@@H]([C@H]1Cc1nc(Cl)ncc1F)[C@H](SCC(=O)N1CCc3ccc(N)cc3C1)C2. The fraction of sp³-hybridized carbons (Fsp3) is 0.500. The number of fused-ring (bicyclic) bond motifs is 3. The molecule has 0 spiro atoms. The summed E-state index contributed by atoms with van der Waals surface area (Å²) >= 11 is 7.52. The molecule has 2 amide bonds. The van der Waals surface area contributed by atoms with E-state index in [1.807, 2.05) is 23.1 Å². The molecule has 2 bridgehead atoms. The van der Waals surface area contributed by atoms with E-state index >= 15 is 0 Å². The van der Waals surface area contributed by atoms with E-state index in [2.05, 4.69) is 9.97 Å². The van der Waals surface area contributed by atoms with Gasteiger partial charge >= 0.3 is 0 Å². The molecular formula is C24H27ClFN5O2S. The summed E-state index contributed by atoms with van der Waals surface area (Å²) in [5.41, 5.74) is 14.9. The van der Waals surface area contributed by atoms with Crippen molar-refractivity contribution in [1.29, 1.82) is 0 Å². The number of rotatable bonds is 6. The van der Waals surface area contributed by atoms with Crippen LogP contribution in [0.15, 0.2) is 24.4 Å². The molecule has 4 N–H and O–H groups in total. The van der Waals surface area contributed by atoms with Crippen LogP contribution in [0, 0.1) is 29.5 Å². The molecule has 2 aliphatic carbocycles. The topological polar surface area (TPSA) is 115 Å². The van der Waals surface area contributed by atoms with E-state index in [0.717, 1.165) is 31.0 Å². The molecular weight excluding hydrogens is 477 g/mol. The van der Waals surface area contributed by atoms with Crippen molar-refractivity contribution in [3.63, 3.8) is 0 Å². The minimum atomic E-state index is -0.527. The fourth-order valence-electron chi connectivity index (χ4n) is 6.15. The van der Waals surface area contributed by atoms with E-state index in [0.29, 0.717) is 24.5 Å². The summed E-state index contributed by atoms with van der Waals surface area (Å²) in [6.07, 6.45) is 3.89. The quantitative estimate of drug-likeness (QED) is 0.462. The molecule has 5 rings (SSSR count). The van der Waals surface area contributed by atoms with Crippen molar-refractivity contribution in [1.82, 2.24) is 14.9 Å². The standard InChI is InChI=1S/C24H27ClFN5O2S/c25-24-29-9-18(26)19(30-24)8-17-16-6-13(22(17)23(28)33)7-20(16)34-11-21(32)31-4-3-12-1-2-15(27)5-14(12)10-31/h1-2,5,9,13,16-17,20,22H,3-4,6-8,10-11,27H2,(H2,28,33)/t13-,16+,17-,20-,22+/m1/s1. The summed E-state index contributed by atoms with van der Waals surface area (Å²) in [6, 6.07) is 5.89. The molecule has 0 radical (unpaired) electrons. The molecule has 10 heteroatoms. The first-order valence-electron chi connectivity index (χ1n) is 11.5. The number of nitrogens with zero attached hydrogens (tertiary/aromatic N) is 3. The Kier molecular flexibility index (Phi) is 6.41. The summed E-state index contributed by atoms with van der Waals surface area (Å²) in [4.78, 5) is 34.9. The van der Waals surface area contributed by atoms with Crippen molar-refractivity contribution in [3.8, 4) is 0 Å². The van der Waals surface area contributed by atoms with Crippen LogP contribution in [0.1, 0.15) is 29.7 Å². The maximum atomic E-state index is 14.3. The number of thioether (sulfide) groups is 1. The third-order valence-electron chi connectivity index (χ3n) is 7.67. The second-order valence-corrected chi connectivity index (χ2v) is 11.1. The van der Waals surface area contributed by atoms with Gasteiger partial charge in [-0.05, 0) is 78.3 Å². The number of halogens is 2. The van der Waals surface area contributed by atoms with Crippen molar-refractivity contribution in [3.05, 3.63) is 52.3 Å². The van der Waals surface area contributed by atoms with Gasteiger partial charge in [0.1, 0.15) is 0 Å². The number of hydrogen-bond acceptors (Lipinski definition) is 6. The highest BCUT2D eigenvalue weighted by Crippen LogP contribution is 2.56. The molecule has 0 unspecified atom stereocenters. The second kappa shape index (κ2) is 9.34. The van der Waals surface area contributed by atoms with Gasteiger partial charge in [-0.25, -0.2) is 14.4 Å². The second-order valence-electron chi connectivity index (χ2n) is 9.57. The van der Waals surface area contributed by atoms with E-state index in [1.54, 1.807) is 11.8 Å². The number of primary amides is 1. The van der Waals surface area contributed by atoms with Gasteiger partial charge in [0.15, 0.2) is 5.82 Å². The average Bonchev–Trinajstić information content (AvgIpc) is 3.37. The van der Waals surface area contributed by atoms with Gasteiger partial charge in [-0.1, -0.05) is 6.07 Å². The lowest BCUT2D eigenvalue weighted by Gasteiger charge is -2.34. The summed E-state index contributed by atoms with van der Waals surface area (Å²) in [7, 11) is 0. The number of carbonyl (C=O) groups is 2. The summed E-state index contributed by atoms with van der Waals surface area (Å²) in [6.45, 7) is 1.28. The molecule has 5 atom stereocenters. The molecule has 2 heterocycles. The summed E-state index contributed by atoms with van der Waals surface area (Å²) < 4.78 is 14.3. The number of carbonyl (C=O) groups excluding carboxylic acids is 2. The first-order chi connectivity index (χ1) is 16.3. The Morgan fingerprint density at radius 1 is 1.26 bits per heavy atom. The Labute approximate surface area is 206 Å². The molecule has 1 aromatic carbocycles. The lowest BCUT2D eigenvalue weighted by Crippen LogP contribution is -2.40. The predicted octanol–water partition coefficient (Wildman–Crippen LogP) is 2.84. The number of nitrogen functional groups attached to an aromatic ring is 1. The number of anilines is 1. The zero-order valence-electron chi connectivity index (χ0n) is 18.6. The van der Waals surface area contributed by atoms with Crippen molar-refractivity contribution in [2.75, 3.05) is 18.0 Å². The minimum Gasteiger partial charge on any atom is -0.399 e. The van der Waals surface area contributed by atoms with Crippen LogP contribution in [0.5, 0.6) is 0 Å². The van der Waals surface area contributed by atoms with Crippen molar-refractivity contribution < 1.29 is 14.0 Å². The molecule has 2 fully saturated rings. The highest BCUT2D eigenvalue weighted by Gasteiger charge is 2.54. The predicted molar refractivity (Wildman–Crippen MR) is 129 cm³/mol. The fourth-order valence-corrected chi connectivity index (χ4v) is 7.78. The van der Waals surface area contributed by atoms with Crippen molar-refractivity contribution in [2.45, 2.75) is 37.5 Å². The molecule has 180 valence electrons. The van der Waals surface area contributed by atoms with Crippen LogP contribution in [-0.4, -0.2) is 44.2 Å². The normalized spacial score (nSPS) is 27.6. The van der Waals surface area contributed by atoms with E-state index in [1.165, 1.54) is 5.56 Å². The van der Waals surface area contributed by atoms with Crippen molar-refractivity contribution >= 4 is 40.9 Å². The summed E-state index contributed by atoms with van der Waals surface area (Å²) in [5.74, 6) is -0.473. The highest BCUT2D eigenvalue weighted by atomic mass is 35.5. The Bertz CT molecular complexity index is 1130. The van der Waals surface area contributed by atoms with Crippen LogP contribution < -0.4 is 11.5 Å². The summed E-state index contributed by atoms with van der Waals surface area (Å²) in [5, 5.41) is 0.208. The van der Waals surface area contributed by atoms with Crippen LogP contribution in [0.4, 0.5) is 10.1 Å². The number of benzene rings is 1. The molecule has 1 aromatic heterocycles. The molecule has 1 aliphatic heterocycles. The van der Waals surface area contributed by atoms with E-state index in [9.17, 15) is 14.0 Å². The number of amides is 2. The van der Waals surface area contributed by atoms with Gasteiger partial charge in [0.05, 0.1) is 17.6 Å². The maximum absolute atomic E-state index is 14.3. The van der Waals surface area contributed by atoms with Gasteiger partial charge < -0.3 is 16.4 Å². The molecule has 2 saturated carbocycles. The maximum Gasteiger partial charge on any atom is 0.232 e. The van der Waals surface area contributed by atoms with Crippen LogP contribution >= 0.6 is 23.4 Å². The van der Waals surface area contributed by atoms with Gasteiger partial charge in [-0.2, -0.15) is 0 Å². The number of aromatic nitrogens is 2. The van der Waals surface area contributed by atoms with Crippen LogP contribution in [-0.2, 0) is 29.0 Å². The zero-order valence-corrected chi connectivity index (χ0v) is 20.2. The number of hydrogen-bond donors (Lipinski definition) is 2. The Morgan fingerprint density at radius 2 is 2.09 bits per heavy atom.